The number of thioether (sulfide) groups is 1. The second-order valence-corrected chi connectivity index (χ2v) is 6.82. The van der Waals surface area contributed by atoms with Crippen LogP contribution in [0.25, 0.3) is 0 Å². The third-order valence-electron chi connectivity index (χ3n) is 4.02. The molecule has 0 aliphatic carbocycles. The Morgan fingerprint density at radius 1 is 1.32 bits per heavy atom. The van der Waals surface area contributed by atoms with Crippen LogP contribution in [0.5, 0.6) is 0 Å². The lowest BCUT2D eigenvalue weighted by molar-refractivity contribution is 0.181. The Kier molecular flexibility index (Phi) is 6.31. The van der Waals surface area contributed by atoms with Crippen molar-refractivity contribution < 1.29 is 4.74 Å². The molecule has 2 fully saturated rings. The third kappa shape index (κ3) is 4.88. The normalized spacial score (nSPS) is 25.6. The second kappa shape index (κ2) is 8.00. The number of aliphatic imine (C=N–C) groups is 1. The largest absolute Gasteiger partial charge is 0.381 e. The Morgan fingerprint density at radius 3 is 2.74 bits per heavy atom. The lowest BCUT2D eigenvalue weighted by Gasteiger charge is -2.27. The monoisotopic (exact) mass is 285 g/mol. The Hall–Kier alpha value is -0.420. The van der Waals surface area contributed by atoms with Crippen LogP contribution >= 0.6 is 11.8 Å². The molecule has 0 amide bonds. The van der Waals surface area contributed by atoms with Gasteiger partial charge in [-0.1, -0.05) is 0 Å². The molecule has 0 spiro atoms. The van der Waals surface area contributed by atoms with Gasteiger partial charge in [0.05, 0.1) is 6.61 Å². The molecular formula is C14H27N3OS. The highest BCUT2D eigenvalue weighted by Crippen LogP contribution is 2.22. The van der Waals surface area contributed by atoms with Crippen LogP contribution in [-0.4, -0.2) is 62.8 Å². The fourth-order valence-electron chi connectivity index (χ4n) is 2.77. The number of hydrogen-bond acceptors (Lipinski definition) is 3. The summed E-state index contributed by atoms with van der Waals surface area (Å²) in [6.07, 6.45) is 3.87. The van der Waals surface area contributed by atoms with Crippen LogP contribution in [0.4, 0.5) is 0 Å². The number of rotatable bonds is 4. The highest BCUT2D eigenvalue weighted by Gasteiger charge is 2.20. The minimum atomic E-state index is 0.662. The van der Waals surface area contributed by atoms with Gasteiger partial charge in [0, 0.05) is 39.7 Å². The van der Waals surface area contributed by atoms with Gasteiger partial charge < -0.3 is 15.0 Å². The number of hydrogen-bond donors (Lipinski definition) is 1. The summed E-state index contributed by atoms with van der Waals surface area (Å²) >= 11 is 2.08. The first-order valence-corrected chi connectivity index (χ1v) is 8.52. The highest BCUT2D eigenvalue weighted by molar-refractivity contribution is 7.99. The lowest BCUT2D eigenvalue weighted by Crippen LogP contribution is -2.43. The zero-order chi connectivity index (χ0) is 13.5. The summed E-state index contributed by atoms with van der Waals surface area (Å²) in [5, 5.41) is 3.54. The fraction of sp³-hybridized carbons (Fsp3) is 0.929. The fourth-order valence-corrected chi connectivity index (χ4v) is 3.98. The molecule has 4 nitrogen and oxygen atoms in total. The Labute approximate surface area is 121 Å². The second-order valence-electron chi connectivity index (χ2n) is 5.59. The quantitative estimate of drug-likeness (QED) is 0.630. The minimum Gasteiger partial charge on any atom is -0.381 e. The molecule has 5 heteroatoms. The molecule has 0 aromatic rings. The predicted molar refractivity (Wildman–Crippen MR) is 83.0 cm³/mol. The van der Waals surface area contributed by atoms with Crippen molar-refractivity contribution in [3.05, 3.63) is 0 Å². The van der Waals surface area contributed by atoms with E-state index in [2.05, 4.69) is 34.0 Å². The standard InChI is InChI=1S/C14H27N3OS/c1-15-14(16-9-12-4-7-19-8-5-12)17(2)10-13-3-6-18-11-13/h12-13H,3-11H2,1-2H3,(H,15,16). The van der Waals surface area contributed by atoms with E-state index in [9.17, 15) is 0 Å². The maximum absolute atomic E-state index is 5.44. The SMILES string of the molecule is CN=C(NCC1CCSCC1)N(C)CC1CCOC1. The number of guanidine groups is 1. The molecule has 2 rings (SSSR count). The van der Waals surface area contributed by atoms with Crippen molar-refractivity contribution in [2.45, 2.75) is 19.3 Å². The van der Waals surface area contributed by atoms with Crippen molar-refractivity contribution in [2.24, 2.45) is 16.8 Å². The Bertz CT molecular complexity index is 286. The number of nitrogens with one attached hydrogen (secondary N) is 1. The maximum atomic E-state index is 5.44. The van der Waals surface area contributed by atoms with Crippen LogP contribution in [0.3, 0.4) is 0 Å². The first kappa shape index (κ1) is 15.0. The van der Waals surface area contributed by atoms with Crippen molar-refractivity contribution in [2.75, 3.05) is 51.9 Å². The van der Waals surface area contributed by atoms with E-state index in [0.29, 0.717) is 5.92 Å². The van der Waals surface area contributed by atoms with E-state index in [4.69, 9.17) is 4.74 Å². The van der Waals surface area contributed by atoms with Gasteiger partial charge in [-0.25, -0.2) is 0 Å². The number of ether oxygens (including phenoxy) is 1. The molecule has 1 N–H and O–H groups in total. The summed E-state index contributed by atoms with van der Waals surface area (Å²) < 4.78 is 5.44. The lowest BCUT2D eigenvalue weighted by atomic mass is 10.0. The predicted octanol–water partition coefficient (Wildman–Crippen LogP) is 1.67. The van der Waals surface area contributed by atoms with Gasteiger partial charge in [-0.15, -0.1) is 0 Å². The van der Waals surface area contributed by atoms with Crippen LogP contribution in [-0.2, 0) is 4.74 Å². The minimum absolute atomic E-state index is 0.662. The molecule has 1 unspecified atom stereocenters. The molecule has 2 aliphatic rings. The van der Waals surface area contributed by atoms with Gasteiger partial charge in [-0.3, -0.25) is 4.99 Å². The van der Waals surface area contributed by atoms with Gasteiger partial charge in [0.15, 0.2) is 5.96 Å². The molecule has 2 saturated heterocycles. The van der Waals surface area contributed by atoms with Crippen LogP contribution in [0, 0.1) is 11.8 Å². The molecule has 0 bridgehead atoms. The van der Waals surface area contributed by atoms with E-state index in [1.54, 1.807) is 0 Å². The van der Waals surface area contributed by atoms with E-state index in [-0.39, 0.29) is 0 Å². The molecule has 0 radical (unpaired) electrons. The van der Waals surface area contributed by atoms with Gasteiger partial charge in [-0.2, -0.15) is 11.8 Å². The number of nitrogens with zero attached hydrogens (tertiary/aromatic N) is 2. The molecule has 0 saturated carbocycles. The highest BCUT2D eigenvalue weighted by atomic mass is 32.2. The van der Waals surface area contributed by atoms with Gasteiger partial charge in [0.25, 0.3) is 0 Å². The first-order valence-electron chi connectivity index (χ1n) is 7.37. The Balaban J connectivity index is 1.72. The summed E-state index contributed by atoms with van der Waals surface area (Å²) in [5.74, 6) is 5.15. The zero-order valence-electron chi connectivity index (χ0n) is 12.2. The summed E-state index contributed by atoms with van der Waals surface area (Å²) in [5.41, 5.74) is 0. The van der Waals surface area contributed by atoms with E-state index < -0.39 is 0 Å². The van der Waals surface area contributed by atoms with Crippen molar-refractivity contribution in [1.29, 1.82) is 0 Å². The first-order chi connectivity index (χ1) is 9.29. The van der Waals surface area contributed by atoms with E-state index in [0.717, 1.165) is 38.2 Å². The molecule has 0 aromatic heterocycles. The topological polar surface area (TPSA) is 36.9 Å². The van der Waals surface area contributed by atoms with Gasteiger partial charge in [-0.05, 0) is 36.7 Å². The van der Waals surface area contributed by atoms with Crippen molar-refractivity contribution in [3.63, 3.8) is 0 Å². The zero-order valence-corrected chi connectivity index (χ0v) is 13.0. The van der Waals surface area contributed by atoms with Gasteiger partial charge in [0.1, 0.15) is 0 Å². The summed E-state index contributed by atoms with van der Waals surface area (Å²) in [7, 11) is 4.01. The van der Waals surface area contributed by atoms with Gasteiger partial charge >= 0.3 is 0 Å². The van der Waals surface area contributed by atoms with Crippen LogP contribution in [0.15, 0.2) is 4.99 Å². The van der Waals surface area contributed by atoms with Gasteiger partial charge in [0.2, 0.25) is 0 Å². The van der Waals surface area contributed by atoms with E-state index >= 15 is 0 Å². The maximum Gasteiger partial charge on any atom is 0.193 e. The van der Waals surface area contributed by atoms with Crippen molar-refractivity contribution in [3.8, 4) is 0 Å². The van der Waals surface area contributed by atoms with Crippen molar-refractivity contribution >= 4 is 17.7 Å². The molecule has 2 heterocycles. The summed E-state index contributed by atoms with van der Waals surface area (Å²) in [6.45, 7) is 3.93. The van der Waals surface area contributed by atoms with Crippen LogP contribution in [0.2, 0.25) is 0 Å². The van der Waals surface area contributed by atoms with E-state index in [1.165, 1.54) is 30.8 Å². The molecule has 1 atom stereocenters. The smallest absolute Gasteiger partial charge is 0.193 e. The van der Waals surface area contributed by atoms with Crippen molar-refractivity contribution in [1.82, 2.24) is 10.2 Å². The molecular weight excluding hydrogens is 258 g/mol. The summed E-state index contributed by atoms with van der Waals surface area (Å²) in [4.78, 5) is 6.65. The molecule has 0 aromatic carbocycles. The summed E-state index contributed by atoms with van der Waals surface area (Å²) in [6, 6.07) is 0. The molecule has 110 valence electrons. The molecule has 2 aliphatic heterocycles. The van der Waals surface area contributed by atoms with Crippen LogP contribution < -0.4 is 5.32 Å². The third-order valence-corrected chi connectivity index (χ3v) is 5.07. The van der Waals surface area contributed by atoms with Crippen LogP contribution in [0.1, 0.15) is 19.3 Å². The molecule has 19 heavy (non-hydrogen) atoms. The average molecular weight is 285 g/mol. The van der Waals surface area contributed by atoms with E-state index in [1.807, 2.05) is 7.05 Å². The average Bonchev–Trinajstić information content (AvgIpc) is 2.93. The Morgan fingerprint density at radius 2 is 2.11 bits per heavy atom.